The highest BCUT2D eigenvalue weighted by atomic mass is 16.2. The van der Waals surface area contributed by atoms with Gasteiger partial charge >= 0.3 is 0 Å². The highest BCUT2D eigenvalue weighted by Crippen LogP contribution is 2.04. The molecule has 0 radical (unpaired) electrons. The molecule has 84 valence electrons. The fraction of sp³-hybridized carbons (Fsp3) is 0.600. The van der Waals surface area contributed by atoms with Gasteiger partial charge in [0.2, 0.25) is 5.91 Å². The number of amides is 1. The van der Waals surface area contributed by atoms with Gasteiger partial charge in [-0.05, 0) is 13.8 Å². The van der Waals surface area contributed by atoms with Gasteiger partial charge in [-0.2, -0.15) is 5.10 Å². The second kappa shape index (κ2) is 4.93. The summed E-state index contributed by atoms with van der Waals surface area (Å²) in [4.78, 5) is 11.2. The molecule has 2 N–H and O–H groups in total. The summed E-state index contributed by atoms with van der Waals surface area (Å²) in [6.45, 7) is 4.51. The van der Waals surface area contributed by atoms with Crippen molar-refractivity contribution in [2.45, 2.75) is 26.4 Å². The van der Waals surface area contributed by atoms with Crippen molar-refractivity contribution in [3.63, 3.8) is 0 Å². The summed E-state index contributed by atoms with van der Waals surface area (Å²) in [6, 6.07) is -0.186. The summed E-state index contributed by atoms with van der Waals surface area (Å²) in [5.41, 5.74) is 2.24. The number of hydrogen-bond acceptors (Lipinski definition) is 3. The maximum atomic E-state index is 11.2. The van der Waals surface area contributed by atoms with Crippen LogP contribution in [0.2, 0.25) is 0 Å². The van der Waals surface area contributed by atoms with Crippen molar-refractivity contribution in [3.8, 4) is 0 Å². The van der Waals surface area contributed by atoms with E-state index in [1.807, 2.05) is 31.8 Å². The van der Waals surface area contributed by atoms with Crippen LogP contribution in [0, 0.1) is 6.92 Å². The summed E-state index contributed by atoms with van der Waals surface area (Å²) >= 11 is 0. The maximum absolute atomic E-state index is 11.2. The number of aromatic nitrogens is 2. The van der Waals surface area contributed by atoms with Gasteiger partial charge in [-0.3, -0.25) is 9.48 Å². The van der Waals surface area contributed by atoms with Crippen LogP contribution in [0.15, 0.2) is 6.20 Å². The molecule has 1 amide bonds. The molecular weight excluding hydrogens is 192 g/mol. The Hall–Kier alpha value is -1.36. The van der Waals surface area contributed by atoms with Crippen LogP contribution in [0.5, 0.6) is 0 Å². The largest absolute Gasteiger partial charge is 0.358 e. The number of carbonyl (C=O) groups is 1. The van der Waals surface area contributed by atoms with Crippen LogP contribution < -0.4 is 10.6 Å². The van der Waals surface area contributed by atoms with E-state index < -0.39 is 0 Å². The Morgan fingerprint density at radius 2 is 2.33 bits per heavy atom. The first-order chi connectivity index (χ1) is 7.06. The fourth-order valence-electron chi connectivity index (χ4n) is 1.29. The second-order valence-electron chi connectivity index (χ2n) is 3.60. The lowest BCUT2D eigenvalue weighted by atomic mass is 10.2. The molecule has 0 aliphatic carbocycles. The molecule has 1 atom stereocenters. The zero-order valence-corrected chi connectivity index (χ0v) is 9.66. The molecule has 0 spiro atoms. The highest BCUT2D eigenvalue weighted by Gasteiger charge is 2.11. The topological polar surface area (TPSA) is 59.0 Å². The van der Waals surface area contributed by atoms with Gasteiger partial charge in [0.1, 0.15) is 0 Å². The smallest absolute Gasteiger partial charge is 0.236 e. The summed E-state index contributed by atoms with van der Waals surface area (Å²) < 4.78 is 1.82. The Labute approximate surface area is 89.9 Å². The van der Waals surface area contributed by atoms with Crippen LogP contribution in [-0.4, -0.2) is 28.8 Å². The van der Waals surface area contributed by atoms with Crippen molar-refractivity contribution >= 4 is 5.91 Å². The molecule has 15 heavy (non-hydrogen) atoms. The fourth-order valence-corrected chi connectivity index (χ4v) is 1.29. The third-order valence-corrected chi connectivity index (χ3v) is 2.58. The predicted molar refractivity (Wildman–Crippen MR) is 58.3 cm³/mol. The number of nitrogens with one attached hydrogen (secondary N) is 2. The molecule has 0 aromatic carbocycles. The van der Waals surface area contributed by atoms with Gasteiger partial charge in [-0.25, -0.2) is 0 Å². The number of likely N-dealkylation sites (N-methyl/N-ethyl adjacent to an activating group) is 1. The zero-order chi connectivity index (χ0) is 11.4. The van der Waals surface area contributed by atoms with Gasteiger partial charge in [-0.1, -0.05) is 0 Å². The number of aryl methyl sites for hydroxylation is 1. The minimum atomic E-state index is -0.186. The van der Waals surface area contributed by atoms with Crippen LogP contribution in [0.4, 0.5) is 0 Å². The highest BCUT2D eigenvalue weighted by molar-refractivity contribution is 5.80. The van der Waals surface area contributed by atoms with Crippen molar-refractivity contribution in [1.29, 1.82) is 0 Å². The van der Waals surface area contributed by atoms with E-state index in [0.717, 1.165) is 11.3 Å². The molecule has 1 aromatic heterocycles. The first-order valence-corrected chi connectivity index (χ1v) is 4.98. The summed E-state index contributed by atoms with van der Waals surface area (Å²) in [7, 11) is 3.54. The molecule has 0 saturated carbocycles. The molecule has 0 saturated heterocycles. The van der Waals surface area contributed by atoms with Crippen LogP contribution in [-0.2, 0) is 18.4 Å². The molecule has 5 nitrogen and oxygen atoms in total. The van der Waals surface area contributed by atoms with E-state index in [4.69, 9.17) is 0 Å². The Kier molecular flexibility index (Phi) is 3.85. The average molecular weight is 210 g/mol. The molecule has 1 heterocycles. The first kappa shape index (κ1) is 11.7. The molecule has 1 rings (SSSR count). The molecule has 5 heteroatoms. The lowest BCUT2D eigenvalue weighted by molar-refractivity contribution is -0.122. The molecule has 1 unspecified atom stereocenters. The van der Waals surface area contributed by atoms with Crippen molar-refractivity contribution < 1.29 is 4.79 Å². The van der Waals surface area contributed by atoms with Gasteiger partial charge in [0.25, 0.3) is 0 Å². The second-order valence-corrected chi connectivity index (χ2v) is 3.60. The average Bonchev–Trinajstić information content (AvgIpc) is 2.55. The monoisotopic (exact) mass is 210 g/mol. The molecule has 1 aromatic rings. The van der Waals surface area contributed by atoms with Crippen LogP contribution in [0.1, 0.15) is 18.2 Å². The maximum Gasteiger partial charge on any atom is 0.236 e. The lowest BCUT2D eigenvalue weighted by Gasteiger charge is -2.11. The summed E-state index contributed by atoms with van der Waals surface area (Å²) in [6.07, 6.45) is 1.82. The Balaban J connectivity index is 2.50. The van der Waals surface area contributed by atoms with E-state index in [2.05, 4.69) is 15.7 Å². The van der Waals surface area contributed by atoms with Crippen molar-refractivity contribution in [1.82, 2.24) is 20.4 Å². The minimum absolute atomic E-state index is 0.00320. The predicted octanol–water partition coefficient (Wildman–Crippen LogP) is -0.0474. The lowest BCUT2D eigenvalue weighted by Crippen LogP contribution is -2.40. The molecule has 0 bridgehead atoms. The van der Waals surface area contributed by atoms with Crippen LogP contribution >= 0.6 is 0 Å². The van der Waals surface area contributed by atoms with E-state index in [0.29, 0.717) is 6.54 Å². The normalized spacial score (nSPS) is 12.5. The zero-order valence-electron chi connectivity index (χ0n) is 9.66. The van der Waals surface area contributed by atoms with Crippen molar-refractivity contribution in [2.75, 3.05) is 7.05 Å². The van der Waals surface area contributed by atoms with Gasteiger partial charge in [0.15, 0.2) is 0 Å². The minimum Gasteiger partial charge on any atom is -0.358 e. The Morgan fingerprint density at radius 3 is 2.80 bits per heavy atom. The number of hydrogen-bond donors (Lipinski definition) is 2. The summed E-state index contributed by atoms with van der Waals surface area (Å²) in [5.74, 6) is -0.00320. The Bertz CT molecular complexity index is 345. The van der Waals surface area contributed by atoms with E-state index in [1.165, 1.54) is 0 Å². The van der Waals surface area contributed by atoms with Crippen molar-refractivity contribution in [2.24, 2.45) is 7.05 Å². The van der Waals surface area contributed by atoms with Crippen LogP contribution in [0.3, 0.4) is 0 Å². The van der Waals surface area contributed by atoms with E-state index in [-0.39, 0.29) is 11.9 Å². The number of rotatable bonds is 4. The van der Waals surface area contributed by atoms with E-state index >= 15 is 0 Å². The third kappa shape index (κ3) is 2.79. The Morgan fingerprint density at radius 1 is 1.67 bits per heavy atom. The SMILES string of the molecule is CNC(=O)C(C)NCc1cnn(C)c1C. The van der Waals surface area contributed by atoms with Gasteiger partial charge in [0.05, 0.1) is 12.2 Å². The van der Waals surface area contributed by atoms with Crippen LogP contribution in [0.25, 0.3) is 0 Å². The van der Waals surface area contributed by atoms with Gasteiger partial charge < -0.3 is 10.6 Å². The van der Waals surface area contributed by atoms with Crippen molar-refractivity contribution in [3.05, 3.63) is 17.5 Å². The van der Waals surface area contributed by atoms with Gasteiger partial charge in [-0.15, -0.1) is 0 Å². The van der Waals surface area contributed by atoms with Gasteiger partial charge in [0, 0.05) is 31.9 Å². The third-order valence-electron chi connectivity index (χ3n) is 2.58. The molecular formula is C10H18N4O. The molecule has 0 fully saturated rings. The summed E-state index contributed by atoms with van der Waals surface area (Å²) in [5, 5.41) is 9.87. The quantitative estimate of drug-likeness (QED) is 0.732. The van der Waals surface area contributed by atoms with E-state index in [1.54, 1.807) is 7.05 Å². The number of carbonyl (C=O) groups excluding carboxylic acids is 1. The van der Waals surface area contributed by atoms with E-state index in [9.17, 15) is 4.79 Å². The number of nitrogens with zero attached hydrogens (tertiary/aromatic N) is 2. The first-order valence-electron chi connectivity index (χ1n) is 4.98. The standard InChI is InChI=1S/C10H18N4O/c1-7(10(15)11-3)12-5-9-6-13-14(4)8(9)2/h6-7,12H,5H2,1-4H3,(H,11,15). The molecule has 0 aliphatic heterocycles. The molecule has 0 aliphatic rings.